The average Bonchev–Trinajstić information content (AvgIpc) is 3.59. The zero-order valence-electron chi connectivity index (χ0n) is 28.1. The molecule has 12 aromatic rings. The minimum Gasteiger partial charge on any atom is -0.309 e. The fraction of sp³-hybridized carbons (Fsp3) is 0. The van der Waals surface area contributed by atoms with Crippen LogP contribution in [-0.4, -0.2) is 0 Å². The predicted octanol–water partition coefficient (Wildman–Crippen LogP) is 15.0. The van der Waals surface area contributed by atoms with E-state index in [4.69, 9.17) is 0 Å². The molecule has 12 rings (SSSR count). The Morgan fingerprint density at radius 3 is 1.46 bits per heavy atom. The standard InChI is InChI=1S/C50H29NS/c1-2-15-44-41(13-1)50-38(14-6-16-45(50)52-44)36-11-5-12-37(29-36)51(42-27-23-34-19-17-30-7-3-9-32-21-25-39(42)48(34)46(30)32)43-28-24-35-20-18-31-8-4-10-33-22-26-40(43)49(35)47(31)33/h1-29H. The quantitative estimate of drug-likeness (QED) is 0.168. The van der Waals surface area contributed by atoms with Crippen molar-refractivity contribution < 1.29 is 0 Å². The van der Waals surface area contributed by atoms with Gasteiger partial charge >= 0.3 is 0 Å². The van der Waals surface area contributed by atoms with E-state index in [1.165, 1.54) is 107 Å². The van der Waals surface area contributed by atoms with E-state index >= 15 is 0 Å². The van der Waals surface area contributed by atoms with Crippen LogP contribution in [0.25, 0.3) is 95.9 Å². The van der Waals surface area contributed by atoms with E-state index in [-0.39, 0.29) is 0 Å². The van der Waals surface area contributed by atoms with Crippen LogP contribution >= 0.6 is 11.3 Å². The molecular weight excluding hydrogens is 647 g/mol. The molecule has 2 heteroatoms. The minimum absolute atomic E-state index is 1.14. The number of fused-ring (bicyclic) bond motifs is 3. The van der Waals surface area contributed by atoms with Gasteiger partial charge in [0.25, 0.3) is 0 Å². The first-order valence-corrected chi connectivity index (χ1v) is 18.7. The van der Waals surface area contributed by atoms with E-state index in [1.54, 1.807) is 0 Å². The predicted molar refractivity (Wildman–Crippen MR) is 227 cm³/mol. The lowest BCUT2D eigenvalue weighted by Gasteiger charge is -2.30. The Morgan fingerprint density at radius 1 is 0.327 bits per heavy atom. The van der Waals surface area contributed by atoms with Crippen molar-refractivity contribution in [2.45, 2.75) is 0 Å². The van der Waals surface area contributed by atoms with Crippen molar-refractivity contribution in [3.8, 4) is 11.1 Å². The van der Waals surface area contributed by atoms with Crippen LogP contribution in [0.5, 0.6) is 0 Å². The monoisotopic (exact) mass is 675 g/mol. The summed E-state index contributed by atoms with van der Waals surface area (Å²) in [6, 6.07) is 65.7. The Kier molecular flexibility index (Phi) is 5.71. The van der Waals surface area contributed by atoms with E-state index in [0.29, 0.717) is 0 Å². The molecule has 0 fully saturated rings. The molecule has 0 aliphatic rings. The van der Waals surface area contributed by atoms with E-state index in [9.17, 15) is 0 Å². The maximum absolute atomic E-state index is 2.52. The van der Waals surface area contributed by atoms with Gasteiger partial charge in [0, 0.05) is 36.6 Å². The summed E-state index contributed by atoms with van der Waals surface area (Å²) >= 11 is 1.87. The molecule has 0 amide bonds. The number of nitrogens with zero attached hydrogens (tertiary/aromatic N) is 1. The average molecular weight is 676 g/mol. The van der Waals surface area contributed by atoms with Gasteiger partial charge in [0.2, 0.25) is 0 Å². The number of rotatable bonds is 4. The third-order valence-corrected chi connectivity index (χ3v) is 12.4. The van der Waals surface area contributed by atoms with Gasteiger partial charge in [-0.1, -0.05) is 140 Å². The zero-order valence-corrected chi connectivity index (χ0v) is 28.9. The van der Waals surface area contributed by atoms with Crippen molar-refractivity contribution in [1.82, 2.24) is 0 Å². The highest BCUT2D eigenvalue weighted by atomic mass is 32.1. The van der Waals surface area contributed by atoms with E-state index < -0.39 is 0 Å². The molecule has 240 valence electrons. The van der Waals surface area contributed by atoms with Crippen molar-refractivity contribution in [2.24, 2.45) is 0 Å². The molecule has 0 N–H and O–H groups in total. The van der Waals surface area contributed by atoms with Gasteiger partial charge in [-0.2, -0.15) is 0 Å². The van der Waals surface area contributed by atoms with Crippen LogP contribution in [-0.2, 0) is 0 Å². The number of hydrogen-bond donors (Lipinski definition) is 0. The molecule has 1 heterocycles. The second-order valence-corrected chi connectivity index (χ2v) is 15.1. The molecule has 0 atom stereocenters. The topological polar surface area (TPSA) is 3.24 Å². The molecule has 0 bridgehead atoms. The Balaban J connectivity index is 1.18. The summed E-state index contributed by atoms with van der Waals surface area (Å²) in [5.74, 6) is 0. The minimum atomic E-state index is 1.14. The molecule has 0 aliphatic carbocycles. The van der Waals surface area contributed by atoms with Crippen LogP contribution in [0.3, 0.4) is 0 Å². The van der Waals surface area contributed by atoms with Crippen LogP contribution in [0.2, 0.25) is 0 Å². The lowest BCUT2D eigenvalue weighted by molar-refractivity contribution is 1.32. The van der Waals surface area contributed by atoms with Crippen LogP contribution in [0, 0.1) is 0 Å². The third-order valence-electron chi connectivity index (χ3n) is 11.3. The Bertz CT molecular complexity index is 3190. The van der Waals surface area contributed by atoms with Crippen molar-refractivity contribution in [3.05, 3.63) is 176 Å². The highest BCUT2D eigenvalue weighted by molar-refractivity contribution is 7.25. The number of anilines is 3. The summed E-state index contributed by atoms with van der Waals surface area (Å²) in [5.41, 5.74) is 5.97. The first-order chi connectivity index (χ1) is 25.8. The molecule has 11 aromatic carbocycles. The Labute approximate surface area is 303 Å². The highest BCUT2D eigenvalue weighted by Crippen LogP contribution is 2.49. The fourth-order valence-electron chi connectivity index (χ4n) is 9.07. The fourth-order valence-corrected chi connectivity index (χ4v) is 10.2. The van der Waals surface area contributed by atoms with Gasteiger partial charge in [-0.3, -0.25) is 0 Å². The van der Waals surface area contributed by atoms with Crippen molar-refractivity contribution in [1.29, 1.82) is 0 Å². The molecule has 0 radical (unpaired) electrons. The molecule has 0 unspecified atom stereocenters. The molecular formula is C50H29NS. The summed E-state index contributed by atoms with van der Waals surface area (Å²) in [6.07, 6.45) is 0. The van der Waals surface area contributed by atoms with Gasteiger partial charge in [0.1, 0.15) is 0 Å². The van der Waals surface area contributed by atoms with Crippen molar-refractivity contribution >= 4 is 113 Å². The maximum atomic E-state index is 2.52. The van der Waals surface area contributed by atoms with Crippen LogP contribution < -0.4 is 4.90 Å². The van der Waals surface area contributed by atoms with Crippen LogP contribution in [0.4, 0.5) is 17.1 Å². The molecule has 0 spiro atoms. The van der Waals surface area contributed by atoms with Crippen molar-refractivity contribution in [2.75, 3.05) is 4.90 Å². The third kappa shape index (κ3) is 3.87. The van der Waals surface area contributed by atoms with Crippen molar-refractivity contribution in [3.63, 3.8) is 0 Å². The largest absolute Gasteiger partial charge is 0.309 e. The summed E-state index contributed by atoms with van der Waals surface area (Å²) in [6.45, 7) is 0. The first kappa shape index (κ1) is 28.2. The lowest BCUT2D eigenvalue weighted by Crippen LogP contribution is -2.11. The summed E-state index contributed by atoms with van der Waals surface area (Å²) in [5, 5.41) is 18.1. The summed E-state index contributed by atoms with van der Waals surface area (Å²) in [4.78, 5) is 2.52. The zero-order chi connectivity index (χ0) is 33.9. The second kappa shape index (κ2) is 10.5. The smallest absolute Gasteiger partial charge is 0.0540 e. The maximum Gasteiger partial charge on any atom is 0.0540 e. The first-order valence-electron chi connectivity index (χ1n) is 17.9. The van der Waals surface area contributed by atoms with E-state index in [2.05, 4.69) is 181 Å². The molecule has 1 nitrogen and oxygen atoms in total. The number of thiophene rings is 1. The number of benzene rings is 11. The highest BCUT2D eigenvalue weighted by Gasteiger charge is 2.22. The van der Waals surface area contributed by atoms with E-state index in [0.717, 1.165) is 5.69 Å². The summed E-state index contributed by atoms with van der Waals surface area (Å²) in [7, 11) is 0. The van der Waals surface area contributed by atoms with Gasteiger partial charge in [-0.25, -0.2) is 0 Å². The Morgan fingerprint density at radius 2 is 0.827 bits per heavy atom. The molecule has 0 saturated carbocycles. The summed E-state index contributed by atoms with van der Waals surface area (Å²) < 4.78 is 2.64. The SMILES string of the molecule is c1cc(-c2cccc3sc4ccccc4c23)cc(N(c2ccc3ccc4cccc5ccc2c3c45)c2ccc3ccc4cccc5ccc2c3c45)c1. The second-order valence-electron chi connectivity index (χ2n) is 14.0. The lowest BCUT2D eigenvalue weighted by atomic mass is 9.91. The molecule has 1 aromatic heterocycles. The van der Waals surface area contributed by atoms with Gasteiger partial charge < -0.3 is 4.90 Å². The van der Waals surface area contributed by atoms with Crippen LogP contribution in [0.15, 0.2) is 176 Å². The molecule has 0 saturated heterocycles. The molecule has 0 aliphatic heterocycles. The number of hydrogen-bond acceptors (Lipinski definition) is 2. The van der Waals surface area contributed by atoms with E-state index in [1.807, 2.05) is 11.3 Å². The van der Waals surface area contributed by atoms with Gasteiger partial charge in [0.15, 0.2) is 0 Å². The van der Waals surface area contributed by atoms with Gasteiger partial charge in [0.05, 0.1) is 11.4 Å². The van der Waals surface area contributed by atoms with Crippen LogP contribution in [0.1, 0.15) is 0 Å². The molecule has 52 heavy (non-hydrogen) atoms. The Hall–Kier alpha value is -6.48. The van der Waals surface area contributed by atoms with Gasteiger partial charge in [-0.05, 0) is 101 Å². The normalized spacial score (nSPS) is 12.2. The van der Waals surface area contributed by atoms with Gasteiger partial charge in [-0.15, -0.1) is 11.3 Å².